The number of benzene rings is 1. The predicted octanol–water partition coefficient (Wildman–Crippen LogP) is 3.35. The summed E-state index contributed by atoms with van der Waals surface area (Å²) in [4.78, 5) is 0. The van der Waals surface area contributed by atoms with E-state index in [1.807, 2.05) is 6.92 Å². The second-order valence-corrected chi connectivity index (χ2v) is 3.44. The fourth-order valence-electron chi connectivity index (χ4n) is 1.24. The summed E-state index contributed by atoms with van der Waals surface area (Å²) in [6, 6.07) is 3.39. The Labute approximate surface area is 94.4 Å². The van der Waals surface area contributed by atoms with Crippen LogP contribution in [0.2, 0.25) is 0 Å². The highest BCUT2D eigenvalue weighted by Gasteiger charge is 2.09. The maximum absolute atomic E-state index is 12.8. The van der Waals surface area contributed by atoms with E-state index in [-0.39, 0.29) is 18.4 Å². The largest absolute Gasteiger partial charge is 0.324 e. The fraction of sp³-hybridized carbons (Fsp3) is 0.273. The van der Waals surface area contributed by atoms with Crippen molar-refractivity contribution in [3.8, 4) is 0 Å². The Morgan fingerprint density at radius 2 is 2.00 bits per heavy atom. The number of halogens is 3. The average Bonchev–Trinajstić information content (AvgIpc) is 2.08. The lowest BCUT2D eigenvalue weighted by Crippen LogP contribution is -2.10. The van der Waals surface area contributed by atoms with Crippen LogP contribution in [-0.4, -0.2) is 0 Å². The SMILES string of the molecule is C=C(C)C[C@H](N)c1ccc(F)c(F)c1.Cl. The monoisotopic (exact) mass is 233 g/mol. The molecule has 0 amide bonds. The smallest absolute Gasteiger partial charge is 0.159 e. The molecule has 1 rings (SSSR count). The first-order valence-electron chi connectivity index (χ1n) is 4.35. The summed E-state index contributed by atoms with van der Waals surface area (Å²) in [5.74, 6) is -1.71. The van der Waals surface area contributed by atoms with Crippen LogP contribution in [0.3, 0.4) is 0 Å². The zero-order chi connectivity index (χ0) is 10.7. The van der Waals surface area contributed by atoms with Gasteiger partial charge in [0.2, 0.25) is 0 Å². The summed E-state index contributed by atoms with van der Waals surface area (Å²) < 4.78 is 25.4. The molecule has 0 heterocycles. The third-order valence-corrected chi connectivity index (χ3v) is 1.94. The number of hydrogen-bond acceptors (Lipinski definition) is 1. The maximum Gasteiger partial charge on any atom is 0.159 e. The molecule has 84 valence electrons. The van der Waals surface area contributed by atoms with Gasteiger partial charge in [-0.05, 0) is 31.0 Å². The van der Waals surface area contributed by atoms with Crippen molar-refractivity contribution in [2.24, 2.45) is 5.73 Å². The molecule has 1 atom stereocenters. The first-order chi connectivity index (χ1) is 6.50. The van der Waals surface area contributed by atoms with E-state index >= 15 is 0 Å². The van der Waals surface area contributed by atoms with E-state index in [4.69, 9.17) is 5.73 Å². The molecule has 0 unspecified atom stereocenters. The third-order valence-electron chi connectivity index (χ3n) is 1.94. The van der Waals surface area contributed by atoms with E-state index in [9.17, 15) is 8.78 Å². The summed E-state index contributed by atoms with van der Waals surface area (Å²) in [5.41, 5.74) is 7.27. The van der Waals surface area contributed by atoms with Gasteiger partial charge in [-0.1, -0.05) is 11.6 Å². The van der Waals surface area contributed by atoms with Crippen molar-refractivity contribution in [2.45, 2.75) is 19.4 Å². The van der Waals surface area contributed by atoms with Crippen LogP contribution in [0.15, 0.2) is 30.4 Å². The zero-order valence-electron chi connectivity index (χ0n) is 8.47. The lowest BCUT2D eigenvalue weighted by Gasteiger charge is -2.11. The minimum atomic E-state index is -0.861. The molecule has 0 radical (unpaired) electrons. The Bertz CT molecular complexity index is 352. The van der Waals surface area contributed by atoms with E-state index in [1.165, 1.54) is 6.07 Å². The van der Waals surface area contributed by atoms with Crippen LogP contribution in [0.1, 0.15) is 24.9 Å². The Balaban J connectivity index is 0.00000196. The molecular weight excluding hydrogens is 220 g/mol. The zero-order valence-corrected chi connectivity index (χ0v) is 9.28. The molecular formula is C11H14ClF2N. The van der Waals surface area contributed by atoms with Gasteiger partial charge in [0.25, 0.3) is 0 Å². The second kappa shape index (κ2) is 5.83. The first kappa shape index (κ1) is 14.1. The third kappa shape index (κ3) is 3.98. The van der Waals surface area contributed by atoms with Crippen LogP contribution in [0.4, 0.5) is 8.78 Å². The molecule has 0 aliphatic rings. The van der Waals surface area contributed by atoms with Crippen molar-refractivity contribution in [3.63, 3.8) is 0 Å². The Hall–Kier alpha value is -0.930. The molecule has 0 aromatic heterocycles. The quantitative estimate of drug-likeness (QED) is 0.796. The van der Waals surface area contributed by atoms with E-state index in [1.54, 1.807) is 0 Å². The average molecular weight is 234 g/mol. The maximum atomic E-state index is 12.8. The van der Waals surface area contributed by atoms with Gasteiger partial charge in [0.1, 0.15) is 0 Å². The van der Waals surface area contributed by atoms with Crippen molar-refractivity contribution < 1.29 is 8.78 Å². The molecule has 1 nitrogen and oxygen atoms in total. The van der Waals surface area contributed by atoms with Gasteiger partial charge >= 0.3 is 0 Å². The van der Waals surface area contributed by atoms with Gasteiger partial charge in [-0.2, -0.15) is 0 Å². The highest BCUT2D eigenvalue weighted by atomic mass is 35.5. The van der Waals surface area contributed by atoms with Crippen molar-refractivity contribution in [2.75, 3.05) is 0 Å². The molecule has 0 saturated carbocycles. The Morgan fingerprint density at radius 3 is 2.47 bits per heavy atom. The standard InChI is InChI=1S/C11H13F2N.ClH/c1-7(2)5-11(14)8-3-4-9(12)10(13)6-8;/h3-4,6,11H,1,5,14H2,2H3;1H/t11-;/m0./s1. The predicted molar refractivity (Wildman–Crippen MR) is 60.0 cm³/mol. The van der Waals surface area contributed by atoms with Gasteiger partial charge in [0.15, 0.2) is 11.6 Å². The Kier molecular flexibility index (Phi) is 5.47. The molecule has 0 bridgehead atoms. The highest BCUT2D eigenvalue weighted by Crippen LogP contribution is 2.19. The van der Waals surface area contributed by atoms with Gasteiger partial charge < -0.3 is 5.73 Å². The van der Waals surface area contributed by atoms with Gasteiger partial charge in [0, 0.05) is 6.04 Å². The summed E-state index contributed by atoms with van der Waals surface area (Å²) in [7, 11) is 0. The lowest BCUT2D eigenvalue weighted by molar-refractivity contribution is 0.505. The fourth-order valence-corrected chi connectivity index (χ4v) is 1.24. The molecule has 0 saturated heterocycles. The number of rotatable bonds is 3. The first-order valence-corrected chi connectivity index (χ1v) is 4.35. The highest BCUT2D eigenvalue weighted by molar-refractivity contribution is 5.85. The number of nitrogens with two attached hydrogens (primary N) is 1. The van der Waals surface area contributed by atoms with Gasteiger partial charge in [-0.3, -0.25) is 0 Å². The minimum absolute atomic E-state index is 0. The van der Waals surface area contributed by atoms with Crippen LogP contribution >= 0.6 is 12.4 Å². The molecule has 2 N–H and O–H groups in total. The van der Waals surface area contributed by atoms with Gasteiger partial charge in [-0.15, -0.1) is 19.0 Å². The van der Waals surface area contributed by atoms with Crippen molar-refractivity contribution in [3.05, 3.63) is 47.5 Å². The molecule has 0 aliphatic heterocycles. The lowest BCUT2D eigenvalue weighted by atomic mass is 10.0. The summed E-state index contributed by atoms with van der Waals surface area (Å²) in [6.45, 7) is 5.56. The van der Waals surface area contributed by atoms with E-state index < -0.39 is 11.6 Å². The molecule has 1 aromatic carbocycles. The van der Waals surface area contributed by atoms with Crippen molar-refractivity contribution in [1.29, 1.82) is 0 Å². The van der Waals surface area contributed by atoms with Crippen molar-refractivity contribution >= 4 is 12.4 Å². The van der Waals surface area contributed by atoms with Gasteiger partial charge in [-0.25, -0.2) is 8.78 Å². The topological polar surface area (TPSA) is 26.0 Å². The molecule has 15 heavy (non-hydrogen) atoms. The summed E-state index contributed by atoms with van der Waals surface area (Å²) in [5, 5.41) is 0. The molecule has 1 aromatic rings. The summed E-state index contributed by atoms with van der Waals surface area (Å²) >= 11 is 0. The van der Waals surface area contributed by atoms with Crippen LogP contribution in [-0.2, 0) is 0 Å². The van der Waals surface area contributed by atoms with Crippen molar-refractivity contribution in [1.82, 2.24) is 0 Å². The molecule has 0 aliphatic carbocycles. The van der Waals surface area contributed by atoms with Gasteiger partial charge in [0.05, 0.1) is 0 Å². The molecule has 0 fully saturated rings. The van der Waals surface area contributed by atoms with Crippen LogP contribution in [0, 0.1) is 11.6 Å². The van der Waals surface area contributed by atoms with E-state index in [2.05, 4.69) is 6.58 Å². The molecule has 0 spiro atoms. The minimum Gasteiger partial charge on any atom is -0.324 e. The van der Waals surface area contributed by atoms with Crippen LogP contribution in [0.5, 0.6) is 0 Å². The summed E-state index contributed by atoms with van der Waals surface area (Å²) in [6.07, 6.45) is 0.574. The normalized spacial score (nSPS) is 11.7. The Morgan fingerprint density at radius 1 is 1.40 bits per heavy atom. The van der Waals surface area contributed by atoms with Crippen LogP contribution in [0.25, 0.3) is 0 Å². The second-order valence-electron chi connectivity index (χ2n) is 3.44. The van der Waals surface area contributed by atoms with E-state index in [0.29, 0.717) is 12.0 Å². The van der Waals surface area contributed by atoms with Crippen LogP contribution < -0.4 is 5.73 Å². The number of hydrogen-bond donors (Lipinski definition) is 1. The van der Waals surface area contributed by atoms with E-state index in [0.717, 1.165) is 17.7 Å². The molecule has 4 heteroatoms.